The Hall–Kier alpha value is -2.19. The van der Waals surface area contributed by atoms with Crippen LogP contribution in [0, 0.1) is 6.92 Å². The summed E-state index contributed by atoms with van der Waals surface area (Å²) < 4.78 is 0.851. The van der Waals surface area contributed by atoms with Gasteiger partial charge in [-0.15, -0.1) is 11.3 Å². The molecule has 0 unspecified atom stereocenters. The van der Waals surface area contributed by atoms with Crippen LogP contribution in [0.4, 0.5) is 5.69 Å². The van der Waals surface area contributed by atoms with Gasteiger partial charge in [0.15, 0.2) is 0 Å². The summed E-state index contributed by atoms with van der Waals surface area (Å²) in [5.74, 6) is -0.592. The number of hydrogen-bond acceptors (Lipinski definition) is 4. The molecular weight excluding hydrogens is 466 g/mol. The van der Waals surface area contributed by atoms with Crippen LogP contribution >= 0.6 is 27.3 Å². The minimum atomic E-state index is -1.11. The SMILES string of the molecule is Cc1cc(NC(=O)C(C)(C)NC(=O)c2ccc(Br)s2)ccc1C(=O)N1CCCCC1. The summed E-state index contributed by atoms with van der Waals surface area (Å²) in [6.45, 7) is 6.78. The van der Waals surface area contributed by atoms with Gasteiger partial charge < -0.3 is 15.5 Å². The largest absolute Gasteiger partial charge is 0.339 e. The molecule has 0 saturated carbocycles. The van der Waals surface area contributed by atoms with E-state index in [1.165, 1.54) is 17.8 Å². The number of hydrogen-bond donors (Lipinski definition) is 2. The van der Waals surface area contributed by atoms with Gasteiger partial charge in [0.05, 0.1) is 8.66 Å². The molecule has 0 atom stereocenters. The highest BCUT2D eigenvalue weighted by molar-refractivity contribution is 9.11. The molecule has 2 heterocycles. The van der Waals surface area contributed by atoms with Gasteiger partial charge in [0.25, 0.3) is 11.8 Å². The van der Waals surface area contributed by atoms with Gasteiger partial charge in [0.1, 0.15) is 5.54 Å². The number of nitrogens with zero attached hydrogens (tertiary/aromatic N) is 1. The van der Waals surface area contributed by atoms with E-state index in [0.717, 1.165) is 35.3 Å². The van der Waals surface area contributed by atoms with Crippen molar-refractivity contribution in [2.75, 3.05) is 18.4 Å². The van der Waals surface area contributed by atoms with Gasteiger partial charge in [-0.25, -0.2) is 0 Å². The number of likely N-dealkylation sites (tertiary alicyclic amines) is 1. The van der Waals surface area contributed by atoms with Crippen LogP contribution in [0.5, 0.6) is 0 Å². The molecule has 3 rings (SSSR count). The lowest BCUT2D eigenvalue weighted by molar-refractivity contribution is -0.120. The van der Waals surface area contributed by atoms with Crippen molar-refractivity contribution in [1.82, 2.24) is 10.2 Å². The first-order valence-corrected chi connectivity index (χ1v) is 11.6. The molecule has 2 N–H and O–H groups in total. The van der Waals surface area contributed by atoms with E-state index in [1.54, 1.807) is 44.2 Å². The van der Waals surface area contributed by atoms with E-state index in [0.29, 0.717) is 16.1 Å². The number of piperidine rings is 1. The Morgan fingerprint density at radius 1 is 1.07 bits per heavy atom. The summed E-state index contributed by atoms with van der Waals surface area (Å²) in [5.41, 5.74) is 0.956. The number of aryl methyl sites for hydroxylation is 1. The number of halogens is 1. The predicted octanol–water partition coefficient (Wildman–Crippen LogP) is 4.59. The minimum Gasteiger partial charge on any atom is -0.339 e. The molecule has 1 saturated heterocycles. The molecule has 1 fully saturated rings. The Bertz CT molecular complexity index is 964. The number of rotatable bonds is 5. The topological polar surface area (TPSA) is 78.5 Å². The van der Waals surface area contributed by atoms with E-state index in [1.807, 2.05) is 11.8 Å². The molecule has 30 heavy (non-hydrogen) atoms. The van der Waals surface area contributed by atoms with Crippen LogP contribution < -0.4 is 10.6 Å². The molecule has 2 aromatic rings. The second-order valence-electron chi connectivity index (χ2n) is 8.02. The third-order valence-electron chi connectivity index (χ3n) is 5.15. The fourth-order valence-electron chi connectivity index (χ4n) is 3.37. The molecule has 1 aliphatic heterocycles. The van der Waals surface area contributed by atoms with Crippen LogP contribution in [0.2, 0.25) is 0 Å². The van der Waals surface area contributed by atoms with E-state index in [9.17, 15) is 14.4 Å². The molecule has 0 radical (unpaired) electrons. The van der Waals surface area contributed by atoms with Crippen molar-refractivity contribution >= 4 is 50.7 Å². The molecule has 0 spiro atoms. The molecule has 6 nitrogen and oxygen atoms in total. The average molecular weight is 492 g/mol. The standard InChI is InChI=1S/C22H26BrN3O3S/c1-14-13-15(7-8-16(14)20(28)26-11-5-4-6-12-26)24-21(29)22(2,3)25-19(27)17-9-10-18(23)30-17/h7-10,13H,4-6,11-12H2,1-3H3,(H,24,29)(H,25,27). The summed E-state index contributed by atoms with van der Waals surface area (Å²) in [6, 6.07) is 8.79. The summed E-state index contributed by atoms with van der Waals surface area (Å²) in [5, 5.41) is 5.62. The molecule has 1 aromatic heterocycles. The maximum Gasteiger partial charge on any atom is 0.262 e. The first kappa shape index (κ1) is 22.5. The van der Waals surface area contributed by atoms with Crippen LogP contribution in [-0.2, 0) is 4.79 Å². The third-order valence-corrected chi connectivity index (χ3v) is 6.77. The first-order valence-electron chi connectivity index (χ1n) is 9.96. The van der Waals surface area contributed by atoms with E-state index >= 15 is 0 Å². The van der Waals surface area contributed by atoms with Gasteiger partial charge in [-0.05, 0) is 91.9 Å². The Kier molecular flexibility index (Phi) is 6.98. The number of carbonyl (C=O) groups excluding carboxylic acids is 3. The van der Waals surface area contributed by atoms with Crippen LogP contribution in [-0.4, -0.2) is 41.2 Å². The molecule has 0 aliphatic carbocycles. The number of benzene rings is 1. The summed E-state index contributed by atoms with van der Waals surface area (Å²) in [7, 11) is 0. The fourth-order valence-corrected chi connectivity index (χ4v) is 4.66. The number of anilines is 1. The predicted molar refractivity (Wildman–Crippen MR) is 123 cm³/mol. The minimum absolute atomic E-state index is 0.0415. The average Bonchev–Trinajstić information content (AvgIpc) is 3.14. The zero-order chi connectivity index (χ0) is 21.9. The lowest BCUT2D eigenvalue weighted by Gasteiger charge is -2.27. The molecule has 3 amide bonds. The van der Waals surface area contributed by atoms with Crippen LogP contribution in [0.25, 0.3) is 0 Å². The maximum atomic E-state index is 12.8. The second-order valence-corrected chi connectivity index (χ2v) is 10.5. The van der Waals surface area contributed by atoms with E-state index < -0.39 is 5.54 Å². The second kappa shape index (κ2) is 9.31. The van der Waals surface area contributed by atoms with Crippen molar-refractivity contribution in [2.45, 2.75) is 45.6 Å². The summed E-state index contributed by atoms with van der Waals surface area (Å²) in [6.07, 6.45) is 3.26. The van der Waals surface area contributed by atoms with E-state index in [2.05, 4.69) is 26.6 Å². The number of carbonyl (C=O) groups is 3. The van der Waals surface area contributed by atoms with Crippen LogP contribution in [0.15, 0.2) is 34.1 Å². The monoisotopic (exact) mass is 491 g/mol. The summed E-state index contributed by atoms with van der Waals surface area (Å²) in [4.78, 5) is 40.4. The smallest absolute Gasteiger partial charge is 0.262 e. The zero-order valence-corrected chi connectivity index (χ0v) is 19.8. The first-order chi connectivity index (χ1) is 14.2. The van der Waals surface area contributed by atoms with Crippen molar-refractivity contribution in [3.8, 4) is 0 Å². The number of nitrogens with one attached hydrogen (secondary N) is 2. The lowest BCUT2D eigenvalue weighted by atomic mass is 10.0. The third kappa shape index (κ3) is 5.29. The Labute approximate surface area is 189 Å². The van der Waals surface area contributed by atoms with E-state index in [-0.39, 0.29) is 17.7 Å². The quantitative estimate of drug-likeness (QED) is 0.641. The molecular formula is C22H26BrN3O3S. The molecule has 8 heteroatoms. The molecule has 1 aliphatic rings. The highest BCUT2D eigenvalue weighted by Gasteiger charge is 2.30. The number of thiophene rings is 1. The van der Waals surface area contributed by atoms with Crippen molar-refractivity contribution in [3.63, 3.8) is 0 Å². The maximum absolute atomic E-state index is 12.8. The fraction of sp³-hybridized carbons (Fsp3) is 0.409. The molecule has 0 bridgehead atoms. The van der Waals surface area contributed by atoms with Crippen LogP contribution in [0.1, 0.15) is 58.7 Å². The number of amides is 3. The van der Waals surface area contributed by atoms with Gasteiger partial charge >= 0.3 is 0 Å². The van der Waals surface area contributed by atoms with E-state index in [4.69, 9.17) is 0 Å². The Balaban J connectivity index is 1.66. The van der Waals surface area contributed by atoms with Gasteiger partial charge in [0, 0.05) is 24.3 Å². The van der Waals surface area contributed by atoms with Crippen LogP contribution in [0.3, 0.4) is 0 Å². The highest BCUT2D eigenvalue weighted by Crippen LogP contribution is 2.23. The highest BCUT2D eigenvalue weighted by atomic mass is 79.9. The van der Waals surface area contributed by atoms with Crippen molar-refractivity contribution < 1.29 is 14.4 Å². The Morgan fingerprint density at radius 2 is 1.77 bits per heavy atom. The Morgan fingerprint density at radius 3 is 2.37 bits per heavy atom. The molecule has 160 valence electrons. The molecule has 1 aromatic carbocycles. The normalized spacial score (nSPS) is 14.3. The van der Waals surface area contributed by atoms with Crippen molar-refractivity contribution in [2.24, 2.45) is 0 Å². The summed E-state index contributed by atoms with van der Waals surface area (Å²) >= 11 is 4.64. The van der Waals surface area contributed by atoms with Crippen molar-refractivity contribution in [3.05, 3.63) is 50.1 Å². The lowest BCUT2D eigenvalue weighted by Crippen LogP contribution is -2.52. The van der Waals surface area contributed by atoms with Gasteiger partial charge in [-0.3, -0.25) is 14.4 Å². The van der Waals surface area contributed by atoms with Gasteiger partial charge in [-0.1, -0.05) is 0 Å². The van der Waals surface area contributed by atoms with Crippen molar-refractivity contribution in [1.29, 1.82) is 0 Å². The van der Waals surface area contributed by atoms with Gasteiger partial charge in [0.2, 0.25) is 5.91 Å². The van der Waals surface area contributed by atoms with Gasteiger partial charge in [-0.2, -0.15) is 0 Å². The zero-order valence-electron chi connectivity index (χ0n) is 17.4.